The Hall–Kier alpha value is -1.89. The third-order valence-electron chi connectivity index (χ3n) is 1.45. The maximum absolute atomic E-state index is 11.9. The van der Waals surface area contributed by atoms with E-state index in [1.165, 1.54) is 6.07 Å². The Bertz CT molecular complexity index is 512. The zero-order valence-corrected chi connectivity index (χ0v) is 9.24. The van der Waals surface area contributed by atoms with Crippen LogP contribution in [0.4, 0.5) is 18.9 Å². The van der Waals surface area contributed by atoms with Crippen LogP contribution in [-0.4, -0.2) is 16.3 Å². The molecule has 1 rings (SSSR count). The van der Waals surface area contributed by atoms with Crippen LogP contribution in [0.3, 0.4) is 0 Å². The van der Waals surface area contributed by atoms with Crippen molar-refractivity contribution in [3.05, 3.63) is 26.5 Å². The van der Waals surface area contributed by atoms with Crippen LogP contribution in [0.2, 0.25) is 0 Å². The second-order valence-corrected chi connectivity index (χ2v) is 3.31. The van der Waals surface area contributed by atoms with Crippen molar-refractivity contribution in [2.75, 3.05) is 0 Å². The number of ether oxygens (including phenoxy) is 1. The molecular formula is C7HBrF3N3O3. The highest BCUT2D eigenvalue weighted by Gasteiger charge is 2.33. The van der Waals surface area contributed by atoms with E-state index in [9.17, 15) is 23.3 Å². The molecule has 0 fully saturated rings. The van der Waals surface area contributed by atoms with Gasteiger partial charge in [0, 0.05) is 0 Å². The van der Waals surface area contributed by atoms with Crippen molar-refractivity contribution in [1.29, 1.82) is 5.26 Å². The average molecular weight is 312 g/mol. The van der Waals surface area contributed by atoms with Crippen molar-refractivity contribution < 1.29 is 22.8 Å². The van der Waals surface area contributed by atoms with Gasteiger partial charge in [-0.1, -0.05) is 0 Å². The molecule has 6 nitrogen and oxygen atoms in total. The Morgan fingerprint density at radius 3 is 2.59 bits per heavy atom. The second kappa shape index (κ2) is 4.54. The summed E-state index contributed by atoms with van der Waals surface area (Å²) >= 11 is 2.61. The predicted octanol–water partition coefficient (Wildman–Crippen LogP) is 2.52. The van der Waals surface area contributed by atoms with Gasteiger partial charge in [0.2, 0.25) is 5.69 Å². The summed E-state index contributed by atoms with van der Waals surface area (Å²) in [4.78, 5) is 12.7. The maximum atomic E-state index is 11.9. The molecule has 0 radical (unpaired) electrons. The number of hydrogen-bond acceptors (Lipinski definition) is 5. The highest BCUT2D eigenvalue weighted by atomic mass is 79.9. The van der Waals surface area contributed by atoms with Crippen LogP contribution in [0.25, 0.3) is 0 Å². The fraction of sp³-hybridized carbons (Fsp3) is 0.143. The molecule has 0 saturated carbocycles. The van der Waals surface area contributed by atoms with E-state index < -0.39 is 33.0 Å². The van der Waals surface area contributed by atoms with Gasteiger partial charge < -0.3 is 4.74 Å². The van der Waals surface area contributed by atoms with Gasteiger partial charge in [-0.2, -0.15) is 5.26 Å². The van der Waals surface area contributed by atoms with Crippen molar-refractivity contribution in [1.82, 2.24) is 4.98 Å². The lowest BCUT2D eigenvalue weighted by Crippen LogP contribution is -2.18. The van der Waals surface area contributed by atoms with E-state index in [1.807, 2.05) is 0 Å². The first kappa shape index (κ1) is 13.2. The van der Waals surface area contributed by atoms with Crippen LogP contribution in [-0.2, 0) is 0 Å². The van der Waals surface area contributed by atoms with E-state index in [2.05, 4.69) is 25.7 Å². The molecule has 0 aromatic carbocycles. The van der Waals surface area contributed by atoms with Crippen molar-refractivity contribution in [3.63, 3.8) is 0 Å². The quantitative estimate of drug-likeness (QED) is 0.475. The number of nitro groups is 1. The maximum Gasteiger partial charge on any atom is 0.573 e. The molecule has 1 heterocycles. The number of nitrogens with zero attached hydrogens (tertiary/aromatic N) is 3. The Morgan fingerprint density at radius 1 is 1.59 bits per heavy atom. The molecule has 0 atom stereocenters. The fourth-order valence-corrected chi connectivity index (χ4v) is 1.25. The van der Waals surface area contributed by atoms with Gasteiger partial charge in [-0.3, -0.25) is 10.1 Å². The number of alkyl halides is 3. The van der Waals surface area contributed by atoms with Crippen molar-refractivity contribution >= 4 is 21.6 Å². The molecule has 0 aliphatic rings. The van der Waals surface area contributed by atoms with Gasteiger partial charge >= 0.3 is 12.0 Å². The van der Waals surface area contributed by atoms with Crippen molar-refractivity contribution in [2.45, 2.75) is 6.36 Å². The third kappa shape index (κ3) is 3.28. The lowest BCUT2D eigenvalue weighted by Gasteiger charge is -2.09. The molecule has 0 saturated heterocycles. The monoisotopic (exact) mass is 311 g/mol. The lowest BCUT2D eigenvalue weighted by molar-refractivity contribution is -0.385. The molecule has 0 amide bonds. The highest BCUT2D eigenvalue weighted by Crippen LogP contribution is 2.33. The standard InChI is InChI=1S/C7HBrF3N3O3/c8-6-5(17-7(9,10)11)1-4(14(15)16)3(2-12)13-6/h1H. The number of pyridine rings is 1. The molecule has 17 heavy (non-hydrogen) atoms. The van der Waals surface area contributed by atoms with Crippen LogP contribution in [0.1, 0.15) is 5.69 Å². The van der Waals surface area contributed by atoms with E-state index in [4.69, 9.17) is 5.26 Å². The fourth-order valence-electron chi connectivity index (χ4n) is 0.880. The van der Waals surface area contributed by atoms with Crippen LogP contribution in [0.5, 0.6) is 5.75 Å². The van der Waals surface area contributed by atoms with Crippen LogP contribution < -0.4 is 4.74 Å². The first-order valence-electron chi connectivity index (χ1n) is 3.75. The zero-order valence-electron chi connectivity index (χ0n) is 7.66. The molecule has 0 aliphatic carbocycles. The summed E-state index contributed by atoms with van der Waals surface area (Å²) in [7, 11) is 0. The Balaban J connectivity index is 3.31. The Labute approximate surface area is 99.9 Å². The van der Waals surface area contributed by atoms with Crippen molar-refractivity contribution in [3.8, 4) is 11.8 Å². The van der Waals surface area contributed by atoms with E-state index in [0.717, 1.165) is 0 Å². The zero-order chi connectivity index (χ0) is 13.2. The van der Waals surface area contributed by atoms with Crippen LogP contribution in [0.15, 0.2) is 10.7 Å². The molecule has 0 bridgehead atoms. The molecule has 0 unspecified atom stereocenters. The first-order chi connectivity index (χ1) is 7.74. The van der Waals surface area contributed by atoms with Crippen molar-refractivity contribution in [2.24, 2.45) is 0 Å². The largest absolute Gasteiger partial charge is 0.573 e. The lowest BCUT2D eigenvalue weighted by atomic mass is 10.3. The molecule has 0 aliphatic heterocycles. The van der Waals surface area contributed by atoms with E-state index in [-0.39, 0.29) is 0 Å². The average Bonchev–Trinajstić information content (AvgIpc) is 2.18. The summed E-state index contributed by atoms with van der Waals surface area (Å²) in [5.41, 5.74) is -1.48. The molecule has 10 heteroatoms. The number of aromatic nitrogens is 1. The van der Waals surface area contributed by atoms with E-state index in [0.29, 0.717) is 6.07 Å². The van der Waals surface area contributed by atoms with E-state index in [1.54, 1.807) is 0 Å². The number of rotatable bonds is 2. The molecule has 90 valence electrons. The summed E-state index contributed by atoms with van der Waals surface area (Å²) in [5, 5.41) is 19.0. The normalized spacial score (nSPS) is 10.8. The Morgan fingerprint density at radius 2 is 2.18 bits per heavy atom. The molecule has 1 aromatic heterocycles. The van der Waals surface area contributed by atoms with Gasteiger partial charge in [-0.25, -0.2) is 4.98 Å². The minimum Gasteiger partial charge on any atom is -0.403 e. The van der Waals surface area contributed by atoms with Crippen LogP contribution in [0, 0.1) is 21.4 Å². The molecule has 1 aromatic rings. The van der Waals surface area contributed by atoms with Gasteiger partial charge in [0.25, 0.3) is 0 Å². The minimum absolute atomic E-state index is 0.447. The van der Waals surface area contributed by atoms with Gasteiger partial charge in [0.1, 0.15) is 10.7 Å². The summed E-state index contributed by atoms with van der Waals surface area (Å²) in [5.74, 6) is -0.886. The first-order valence-corrected chi connectivity index (χ1v) is 4.54. The Kier molecular flexibility index (Phi) is 3.52. The van der Waals surface area contributed by atoms with Gasteiger partial charge in [-0.05, 0) is 15.9 Å². The number of halogens is 4. The van der Waals surface area contributed by atoms with Crippen LogP contribution >= 0.6 is 15.9 Å². The predicted molar refractivity (Wildman–Crippen MR) is 50.0 cm³/mol. The number of hydrogen-bond donors (Lipinski definition) is 0. The summed E-state index contributed by atoms with van der Waals surface area (Å²) in [6.07, 6.45) is -5.01. The summed E-state index contributed by atoms with van der Waals surface area (Å²) < 4.78 is 38.8. The number of nitriles is 1. The molecule has 0 N–H and O–H groups in total. The second-order valence-electron chi connectivity index (χ2n) is 2.56. The highest BCUT2D eigenvalue weighted by molar-refractivity contribution is 9.10. The van der Waals surface area contributed by atoms with Gasteiger partial charge in [0.05, 0.1) is 11.0 Å². The molecule has 0 spiro atoms. The summed E-state index contributed by atoms with van der Waals surface area (Å²) in [6, 6.07) is 1.86. The smallest absolute Gasteiger partial charge is 0.403 e. The van der Waals surface area contributed by atoms with Gasteiger partial charge in [0.15, 0.2) is 5.75 Å². The topological polar surface area (TPSA) is 89.0 Å². The van der Waals surface area contributed by atoms with Gasteiger partial charge in [-0.15, -0.1) is 13.2 Å². The van der Waals surface area contributed by atoms with E-state index >= 15 is 0 Å². The third-order valence-corrected chi connectivity index (χ3v) is 2.02. The summed E-state index contributed by atoms with van der Waals surface area (Å²) in [6.45, 7) is 0. The minimum atomic E-state index is -5.01. The molecular weight excluding hydrogens is 311 g/mol. The SMILES string of the molecule is N#Cc1nc(Br)c(OC(F)(F)F)cc1[N+](=O)[O-].